The number of imide groups is 1. The fraction of sp³-hybridized carbons (Fsp3) is 0.0526. The van der Waals surface area contributed by atoms with E-state index in [9.17, 15) is 19.1 Å². The molecule has 0 heterocycles. The number of rotatable bonds is 2. The quantitative estimate of drug-likeness (QED) is 0.662. The summed E-state index contributed by atoms with van der Waals surface area (Å²) in [5.41, 5.74) is 0.973. The number of urea groups is 1. The number of carbonyl (C=O) groups is 2. The fourth-order valence-electron chi connectivity index (χ4n) is 2.51. The summed E-state index contributed by atoms with van der Waals surface area (Å²) in [7, 11) is 0. The number of aryl methyl sites for hydroxylation is 1. The highest BCUT2D eigenvalue weighted by Crippen LogP contribution is 2.26. The van der Waals surface area contributed by atoms with E-state index in [0.29, 0.717) is 5.56 Å². The van der Waals surface area contributed by atoms with Gasteiger partial charge in [0, 0.05) is 5.56 Å². The van der Waals surface area contributed by atoms with Crippen LogP contribution < -0.4 is 10.6 Å². The number of anilines is 1. The number of carbonyl (C=O) groups excluding carboxylic acids is 2. The summed E-state index contributed by atoms with van der Waals surface area (Å²) < 4.78 is 13.5. The molecule has 0 saturated heterocycles. The Balaban J connectivity index is 1.77. The third-order valence-electron chi connectivity index (χ3n) is 3.87. The number of benzene rings is 3. The van der Waals surface area contributed by atoms with Crippen molar-refractivity contribution in [2.75, 3.05) is 5.32 Å². The van der Waals surface area contributed by atoms with E-state index in [2.05, 4.69) is 10.6 Å². The normalized spacial score (nSPS) is 10.5. The molecule has 3 aromatic rings. The van der Waals surface area contributed by atoms with Gasteiger partial charge in [-0.15, -0.1) is 0 Å². The van der Waals surface area contributed by atoms with Crippen molar-refractivity contribution < 1.29 is 19.1 Å². The van der Waals surface area contributed by atoms with E-state index >= 15 is 0 Å². The fourth-order valence-corrected chi connectivity index (χ4v) is 2.51. The van der Waals surface area contributed by atoms with Gasteiger partial charge in [0.2, 0.25) is 0 Å². The summed E-state index contributed by atoms with van der Waals surface area (Å²) >= 11 is 0. The van der Waals surface area contributed by atoms with Gasteiger partial charge in [-0.25, -0.2) is 9.18 Å². The average Bonchev–Trinajstić information content (AvgIpc) is 2.60. The van der Waals surface area contributed by atoms with Gasteiger partial charge in [0.1, 0.15) is 11.6 Å². The summed E-state index contributed by atoms with van der Waals surface area (Å²) in [6.45, 7) is 1.78. The molecule has 3 amide bonds. The van der Waals surface area contributed by atoms with Crippen molar-refractivity contribution in [3.8, 4) is 5.75 Å². The second-order valence-electron chi connectivity index (χ2n) is 5.53. The molecule has 0 fully saturated rings. The van der Waals surface area contributed by atoms with Crippen LogP contribution in [0.2, 0.25) is 0 Å². The van der Waals surface area contributed by atoms with Gasteiger partial charge in [-0.2, -0.15) is 0 Å². The topological polar surface area (TPSA) is 78.4 Å². The molecule has 0 atom stereocenters. The van der Waals surface area contributed by atoms with Crippen molar-refractivity contribution in [2.24, 2.45) is 0 Å². The molecule has 0 aliphatic rings. The molecule has 0 aliphatic heterocycles. The Morgan fingerprint density at radius 3 is 2.56 bits per heavy atom. The van der Waals surface area contributed by atoms with Gasteiger partial charge in [0.05, 0.1) is 5.69 Å². The number of phenols is 1. The lowest BCUT2D eigenvalue weighted by molar-refractivity contribution is 0.0967. The van der Waals surface area contributed by atoms with Crippen LogP contribution in [0.1, 0.15) is 15.9 Å². The number of phenolic OH excluding ortho intramolecular Hbond substituents is 1. The Hall–Kier alpha value is -3.41. The van der Waals surface area contributed by atoms with E-state index in [1.165, 1.54) is 18.2 Å². The Kier molecular flexibility index (Phi) is 4.35. The molecule has 126 valence electrons. The van der Waals surface area contributed by atoms with Crippen molar-refractivity contribution in [1.82, 2.24) is 5.32 Å². The van der Waals surface area contributed by atoms with Gasteiger partial charge >= 0.3 is 6.03 Å². The number of nitrogens with one attached hydrogen (secondary N) is 2. The minimum absolute atomic E-state index is 0.0163. The maximum atomic E-state index is 13.5. The summed E-state index contributed by atoms with van der Waals surface area (Å²) in [5, 5.41) is 15.7. The van der Waals surface area contributed by atoms with Crippen molar-refractivity contribution in [3.63, 3.8) is 0 Å². The monoisotopic (exact) mass is 338 g/mol. The molecule has 0 bridgehead atoms. The van der Waals surface area contributed by atoms with Crippen molar-refractivity contribution in [1.29, 1.82) is 0 Å². The van der Waals surface area contributed by atoms with Gasteiger partial charge in [0.25, 0.3) is 5.91 Å². The maximum absolute atomic E-state index is 13.5. The van der Waals surface area contributed by atoms with E-state index in [1.54, 1.807) is 43.3 Å². The van der Waals surface area contributed by atoms with Gasteiger partial charge in [-0.3, -0.25) is 10.1 Å². The van der Waals surface area contributed by atoms with E-state index in [1.807, 2.05) is 0 Å². The van der Waals surface area contributed by atoms with Crippen molar-refractivity contribution in [3.05, 3.63) is 71.5 Å². The molecule has 0 unspecified atom stereocenters. The lowest BCUT2D eigenvalue weighted by Crippen LogP contribution is -2.34. The van der Waals surface area contributed by atoms with E-state index < -0.39 is 17.8 Å². The number of halogens is 1. The first-order valence-electron chi connectivity index (χ1n) is 7.55. The van der Waals surface area contributed by atoms with Crippen molar-refractivity contribution >= 4 is 28.4 Å². The van der Waals surface area contributed by atoms with E-state index in [-0.39, 0.29) is 17.0 Å². The highest BCUT2D eigenvalue weighted by atomic mass is 19.1. The van der Waals surface area contributed by atoms with Crippen molar-refractivity contribution in [2.45, 2.75) is 6.92 Å². The minimum atomic E-state index is -0.822. The van der Waals surface area contributed by atoms with Gasteiger partial charge in [0.15, 0.2) is 0 Å². The van der Waals surface area contributed by atoms with Crippen LogP contribution in [0.4, 0.5) is 14.9 Å². The largest absolute Gasteiger partial charge is 0.508 e. The Morgan fingerprint density at radius 1 is 1.04 bits per heavy atom. The van der Waals surface area contributed by atoms with Gasteiger partial charge in [-0.1, -0.05) is 24.3 Å². The van der Waals surface area contributed by atoms with Crippen LogP contribution in [-0.4, -0.2) is 17.0 Å². The number of hydrogen-bond donors (Lipinski definition) is 3. The first-order valence-corrected chi connectivity index (χ1v) is 7.55. The third kappa shape index (κ3) is 3.42. The summed E-state index contributed by atoms with van der Waals surface area (Å²) in [5.74, 6) is -1.03. The standard InChI is InChI=1S/C19H15FN2O3/c1-11-14-8-6-13(10-12(14)7-9-17(11)23)18(24)22-19(25)21-16-5-3-2-4-15(16)20/h2-10,23H,1H3,(H2,21,22,24,25). The lowest BCUT2D eigenvalue weighted by atomic mass is 10.0. The molecule has 6 heteroatoms. The zero-order chi connectivity index (χ0) is 18.0. The maximum Gasteiger partial charge on any atom is 0.326 e. The zero-order valence-electron chi connectivity index (χ0n) is 13.3. The SMILES string of the molecule is Cc1c(O)ccc2cc(C(=O)NC(=O)Nc3ccccc3F)ccc12. The predicted octanol–water partition coefficient (Wildman–Crippen LogP) is 3.95. The average molecular weight is 338 g/mol. The molecule has 0 aromatic heterocycles. The number of para-hydroxylation sites is 1. The third-order valence-corrected chi connectivity index (χ3v) is 3.87. The minimum Gasteiger partial charge on any atom is -0.508 e. The Labute approximate surface area is 143 Å². The van der Waals surface area contributed by atoms with Crippen LogP contribution >= 0.6 is 0 Å². The number of aromatic hydroxyl groups is 1. The number of hydrogen-bond acceptors (Lipinski definition) is 3. The van der Waals surface area contributed by atoms with Gasteiger partial charge in [-0.05, 0) is 53.6 Å². The Bertz CT molecular complexity index is 986. The Morgan fingerprint density at radius 2 is 1.80 bits per heavy atom. The van der Waals surface area contributed by atoms with Crippen LogP contribution in [0.25, 0.3) is 10.8 Å². The molecule has 3 rings (SSSR count). The van der Waals surface area contributed by atoms with Crippen LogP contribution in [0.15, 0.2) is 54.6 Å². The highest BCUT2D eigenvalue weighted by molar-refractivity contribution is 6.09. The molecular formula is C19H15FN2O3. The van der Waals surface area contributed by atoms with Crippen LogP contribution in [0.3, 0.4) is 0 Å². The van der Waals surface area contributed by atoms with Crippen LogP contribution in [-0.2, 0) is 0 Å². The van der Waals surface area contributed by atoms with Gasteiger partial charge < -0.3 is 10.4 Å². The first kappa shape index (κ1) is 16.4. The molecule has 3 N–H and O–H groups in total. The summed E-state index contributed by atoms with van der Waals surface area (Å²) in [6, 6.07) is 13.0. The molecular weight excluding hydrogens is 323 g/mol. The predicted molar refractivity (Wildman–Crippen MR) is 93.2 cm³/mol. The first-order chi connectivity index (χ1) is 12.0. The molecule has 0 spiro atoms. The molecule has 5 nitrogen and oxygen atoms in total. The van der Waals surface area contributed by atoms with Crippen LogP contribution in [0.5, 0.6) is 5.75 Å². The highest BCUT2D eigenvalue weighted by Gasteiger charge is 2.13. The summed E-state index contributed by atoms with van der Waals surface area (Å²) in [4.78, 5) is 24.1. The molecule has 25 heavy (non-hydrogen) atoms. The lowest BCUT2D eigenvalue weighted by Gasteiger charge is -2.09. The number of amides is 3. The molecule has 3 aromatic carbocycles. The zero-order valence-corrected chi connectivity index (χ0v) is 13.3. The molecule has 0 radical (unpaired) electrons. The van der Waals surface area contributed by atoms with E-state index in [0.717, 1.165) is 10.8 Å². The second-order valence-corrected chi connectivity index (χ2v) is 5.53. The van der Waals surface area contributed by atoms with Crippen LogP contribution in [0, 0.1) is 12.7 Å². The van der Waals surface area contributed by atoms with E-state index in [4.69, 9.17) is 0 Å². The second kappa shape index (κ2) is 6.60. The molecule has 0 saturated carbocycles. The molecule has 0 aliphatic carbocycles. The smallest absolute Gasteiger partial charge is 0.326 e. The summed E-state index contributed by atoms with van der Waals surface area (Å²) in [6.07, 6.45) is 0. The number of fused-ring (bicyclic) bond motifs is 1.